The molecular weight excluding hydrogens is 346 g/mol. The molecule has 25 heavy (non-hydrogen) atoms. The van der Waals surface area contributed by atoms with Gasteiger partial charge in [-0.1, -0.05) is 12.1 Å². The van der Waals surface area contributed by atoms with Crippen LogP contribution >= 0.6 is 11.8 Å². The Kier molecular flexibility index (Phi) is 7.16. The first-order valence-corrected chi connectivity index (χ1v) is 8.42. The van der Waals surface area contributed by atoms with Crippen molar-refractivity contribution in [2.24, 2.45) is 0 Å². The summed E-state index contributed by atoms with van der Waals surface area (Å²) in [5.74, 6) is -0.994. The number of hydrogen-bond donors (Lipinski definition) is 2. The van der Waals surface area contributed by atoms with Crippen molar-refractivity contribution in [1.29, 1.82) is 0 Å². The first kappa shape index (κ1) is 18.7. The molecule has 0 unspecified atom stereocenters. The van der Waals surface area contributed by atoms with Gasteiger partial charge in [0.25, 0.3) is 5.91 Å². The van der Waals surface area contributed by atoms with Gasteiger partial charge in [-0.3, -0.25) is 20.4 Å². The highest BCUT2D eigenvalue weighted by Crippen LogP contribution is 2.18. The molecule has 0 aliphatic carbocycles. The molecular formula is C18H16F2N2O2S. The Morgan fingerprint density at radius 3 is 2.16 bits per heavy atom. The van der Waals surface area contributed by atoms with Crippen molar-refractivity contribution in [1.82, 2.24) is 10.9 Å². The third kappa shape index (κ3) is 7.17. The molecule has 0 atom stereocenters. The fourth-order valence-corrected chi connectivity index (χ4v) is 2.63. The maximum absolute atomic E-state index is 12.8. The van der Waals surface area contributed by atoms with Gasteiger partial charge in [-0.05, 0) is 48.0 Å². The number of hydrazine groups is 1. The Labute approximate surface area is 148 Å². The molecule has 0 spiro atoms. The predicted molar refractivity (Wildman–Crippen MR) is 93.5 cm³/mol. The van der Waals surface area contributed by atoms with E-state index >= 15 is 0 Å². The van der Waals surface area contributed by atoms with Gasteiger partial charge in [-0.15, -0.1) is 11.8 Å². The smallest absolute Gasteiger partial charge is 0.262 e. The van der Waals surface area contributed by atoms with Crippen LogP contribution in [0.25, 0.3) is 6.08 Å². The van der Waals surface area contributed by atoms with Gasteiger partial charge in [0.05, 0.1) is 0 Å². The first-order valence-electron chi connectivity index (χ1n) is 7.44. The number of nitrogens with one attached hydrogen (secondary N) is 2. The van der Waals surface area contributed by atoms with Crippen LogP contribution in [-0.2, 0) is 9.59 Å². The summed E-state index contributed by atoms with van der Waals surface area (Å²) in [5.41, 5.74) is 5.23. The third-order valence-electron chi connectivity index (χ3n) is 3.03. The van der Waals surface area contributed by atoms with Gasteiger partial charge in [-0.2, -0.15) is 0 Å². The highest BCUT2D eigenvalue weighted by Gasteiger charge is 2.03. The van der Waals surface area contributed by atoms with E-state index < -0.39 is 5.91 Å². The van der Waals surface area contributed by atoms with Crippen LogP contribution in [0.1, 0.15) is 12.0 Å². The number of benzene rings is 2. The fraction of sp³-hybridized carbons (Fsp3) is 0.111. The van der Waals surface area contributed by atoms with Gasteiger partial charge in [-0.25, -0.2) is 8.78 Å². The summed E-state index contributed by atoms with van der Waals surface area (Å²) < 4.78 is 25.5. The fourth-order valence-electron chi connectivity index (χ4n) is 1.77. The van der Waals surface area contributed by atoms with Crippen molar-refractivity contribution >= 4 is 29.7 Å². The number of carbonyl (C=O) groups excluding carboxylic acids is 2. The largest absolute Gasteiger partial charge is 0.273 e. The zero-order valence-electron chi connectivity index (χ0n) is 13.2. The zero-order valence-corrected chi connectivity index (χ0v) is 14.0. The highest BCUT2D eigenvalue weighted by molar-refractivity contribution is 7.99. The molecule has 4 nitrogen and oxygen atoms in total. The minimum atomic E-state index is -0.496. The summed E-state index contributed by atoms with van der Waals surface area (Å²) in [5, 5.41) is 0. The molecule has 2 aromatic rings. The molecule has 2 N–H and O–H groups in total. The summed E-state index contributed by atoms with van der Waals surface area (Å²) in [6.45, 7) is 0. The molecule has 2 amide bonds. The summed E-state index contributed by atoms with van der Waals surface area (Å²) >= 11 is 1.42. The molecule has 2 aromatic carbocycles. The zero-order chi connectivity index (χ0) is 18.1. The number of hydrogen-bond acceptors (Lipinski definition) is 3. The summed E-state index contributed by atoms with van der Waals surface area (Å²) in [4.78, 5) is 24.1. The van der Waals surface area contributed by atoms with Gasteiger partial charge in [0.15, 0.2) is 0 Å². The molecule has 130 valence electrons. The highest BCUT2D eigenvalue weighted by atomic mass is 32.2. The van der Waals surface area contributed by atoms with Crippen molar-refractivity contribution in [3.05, 3.63) is 71.8 Å². The molecule has 0 aliphatic rings. The lowest BCUT2D eigenvalue weighted by atomic mass is 10.2. The van der Waals surface area contributed by atoms with Gasteiger partial charge in [0.1, 0.15) is 11.6 Å². The second kappa shape index (κ2) is 9.58. The van der Waals surface area contributed by atoms with E-state index in [-0.39, 0.29) is 24.0 Å². The molecule has 0 aliphatic heterocycles. The van der Waals surface area contributed by atoms with E-state index in [1.807, 2.05) is 0 Å². The van der Waals surface area contributed by atoms with Crippen LogP contribution in [0, 0.1) is 11.6 Å². The molecule has 0 aromatic heterocycles. The molecule has 0 saturated heterocycles. The average molecular weight is 362 g/mol. The SMILES string of the molecule is O=C(/C=C/c1ccc(F)cc1)NNC(=O)CCSc1ccc(F)cc1. The molecule has 2 rings (SSSR count). The van der Waals surface area contributed by atoms with E-state index in [0.29, 0.717) is 11.3 Å². The van der Waals surface area contributed by atoms with Crippen LogP contribution in [-0.4, -0.2) is 17.6 Å². The van der Waals surface area contributed by atoms with E-state index in [1.165, 1.54) is 60.3 Å². The summed E-state index contributed by atoms with van der Waals surface area (Å²) in [6.07, 6.45) is 2.94. The van der Waals surface area contributed by atoms with Gasteiger partial charge < -0.3 is 0 Å². The summed E-state index contributed by atoms with van der Waals surface area (Å²) in [6, 6.07) is 11.6. The molecule has 0 fully saturated rings. The van der Waals surface area contributed by atoms with E-state index in [4.69, 9.17) is 0 Å². The van der Waals surface area contributed by atoms with Crippen LogP contribution in [0.15, 0.2) is 59.5 Å². The second-order valence-electron chi connectivity index (χ2n) is 4.97. The number of carbonyl (C=O) groups is 2. The van der Waals surface area contributed by atoms with Gasteiger partial charge in [0.2, 0.25) is 5.91 Å². The van der Waals surface area contributed by atoms with E-state index in [1.54, 1.807) is 12.1 Å². The van der Waals surface area contributed by atoms with E-state index in [9.17, 15) is 18.4 Å². The van der Waals surface area contributed by atoms with Crippen LogP contribution in [0.5, 0.6) is 0 Å². The van der Waals surface area contributed by atoms with E-state index in [2.05, 4.69) is 10.9 Å². The third-order valence-corrected chi connectivity index (χ3v) is 4.05. The monoisotopic (exact) mass is 362 g/mol. The van der Waals surface area contributed by atoms with Gasteiger partial charge >= 0.3 is 0 Å². The standard InChI is InChI=1S/C18H16F2N2O2S/c19-14-4-1-13(2-5-14)3-10-17(23)21-22-18(24)11-12-25-16-8-6-15(20)7-9-16/h1-10H,11-12H2,(H,21,23)(H,22,24)/b10-3+. The topological polar surface area (TPSA) is 58.2 Å². The quantitative estimate of drug-likeness (QED) is 0.471. The van der Waals surface area contributed by atoms with Crippen molar-refractivity contribution < 1.29 is 18.4 Å². The van der Waals surface area contributed by atoms with Crippen LogP contribution in [0.3, 0.4) is 0 Å². The van der Waals surface area contributed by atoms with Crippen molar-refractivity contribution in [2.75, 3.05) is 5.75 Å². The predicted octanol–water partition coefficient (Wildman–Crippen LogP) is 3.31. The normalized spacial score (nSPS) is 10.6. The molecule has 0 saturated carbocycles. The molecule has 7 heteroatoms. The minimum absolute atomic E-state index is 0.198. The van der Waals surface area contributed by atoms with Crippen molar-refractivity contribution in [2.45, 2.75) is 11.3 Å². The lowest BCUT2D eigenvalue weighted by molar-refractivity contribution is -0.126. The number of halogens is 2. The Balaban J connectivity index is 1.66. The minimum Gasteiger partial charge on any atom is -0.273 e. The molecule has 0 radical (unpaired) electrons. The Morgan fingerprint density at radius 1 is 0.920 bits per heavy atom. The van der Waals surface area contributed by atoms with Crippen molar-refractivity contribution in [3.63, 3.8) is 0 Å². The summed E-state index contributed by atoms with van der Waals surface area (Å²) in [7, 11) is 0. The maximum Gasteiger partial charge on any atom is 0.262 e. The number of thioether (sulfide) groups is 1. The average Bonchev–Trinajstić information content (AvgIpc) is 2.61. The molecule has 0 heterocycles. The van der Waals surface area contributed by atoms with E-state index in [0.717, 1.165) is 4.90 Å². The van der Waals surface area contributed by atoms with Crippen molar-refractivity contribution in [3.8, 4) is 0 Å². The first-order chi connectivity index (χ1) is 12.0. The second-order valence-corrected chi connectivity index (χ2v) is 6.14. The lowest BCUT2D eigenvalue weighted by Gasteiger charge is -2.05. The Morgan fingerprint density at radius 2 is 1.52 bits per heavy atom. The van der Waals surface area contributed by atoms with Crippen LogP contribution < -0.4 is 10.9 Å². The number of rotatable bonds is 6. The maximum atomic E-state index is 12.8. The Hall–Kier alpha value is -2.67. The van der Waals surface area contributed by atoms with Gasteiger partial charge in [0, 0.05) is 23.1 Å². The van der Waals surface area contributed by atoms with Crippen LogP contribution in [0.4, 0.5) is 8.78 Å². The Bertz CT molecular complexity index is 747. The number of amides is 2. The molecule has 0 bridgehead atoms. The lowest BCUT2D eigenvalue weighted by Crippen LogP contribution is -2.40. The van der Waals surface area contributed by atoms with Crippen LogP contribution in [0.2, 0.25) is 0 Å².